The van der Waals surface area contributed by atoms with Crippen molar-refractivity contribution in [1.29, 1.82) is 0 Å². The van der Waals surface area contributed by atoms with Crippen LogP contribution in [0.4, 0.5) is 0 Å². The molecule has 1 aromatic rings. The third kappa shape index (κ3) is 2.46. The van der Waals surface area contributed by atoms with Gasteiger partial charge < -0.3 is 5.11 Å². The Bertz CT molecular complexity index is 354. The summed E-state index contributed by atoms with van der Waals surface area (Å²) in [5.74, 6) is -0.785. The van der Waals surface area contributed by atoms with E-state index in [9.17, 15) is 9.90 Å². The Balaban J connectivity index is 3.07. The zero-order chi connectivity index (χ0) is 11.3. The lowest BCUT2D eigenvalue weighted by Gasteiger charge is -2.23. The van der Waals surface area contributed by atoms with Gasteiger partial charge in [-0.15, -0.1) is 0 Å². The highest BCUT2D eigenvalue weighted by molar-refractivity contribution is 5.81. The fourth-order valence-corrected chi connectivity index (χ4v) is 1.49. The van der Waals surface area contributed by atoms with Crippen LogP contribution in [-0.2, 0) is 10.2 Å². The van der Waals surface area contributed by atoms with Crippen molar-refractivity contribution in [3.05, 3.63) is 48.0 Å². The van der Waals surface area contributed by atoms with Crippen LogP contribution in [0.2, 0.25) is 0 Å². The van der Waals surface area contributed by atoms with Crippen LogP contribution in [0.5, 0.6) is 0 Å². The molecular weight excluding hydrogens is 188 g/mol. The van der Waals surface area contributed by atoms with Gasteiger partial charge in [-0.25, -0.2) is 0 Å². The maximum atomic E-state index is 11.3. The van der Waals surface area contributed by atoms with Crippen molar-refractivity contribution in [1.82, 2.24) is 0 Å². The van der Waals surface area contributed by atoms with Gasteiger partial charge in [0.25, 0.3) is 0 Å². The highest BCUT2D eigenvalue weighted by Gasteiger charge is 2.33. The van der Waals surface area contributed by atoms with E-state index in [0.29, 0.717) is 6.42 Å². The van der Waals surface area contributed by atoms with Gasteiger partial charge in [0.1, 0.15) is 0 Å². The summed E-state index contributed by atoms with van der Waals surface area (Å²) in [6.07, 6.45) is 4.29. The molecule has 0 spiro atoms. The molecule has 0 fully saturated rings. The second kappa shape index (κ2) is 4.78. The van der Waals surface area contributed by atoms with Crippen LogP contribution in [-0.4, -0.2) is 11.1 Å². The third-order valence-corrected chi connectivity index (χ3v) is 2.64. The predicted octanol–water partition coefficient (Wildman–Crippen LogP) is 3.00. The first-order valence-corrected chi connectivity index (χ1v) is 5.01. The molecule has 80 valence electrons. The fourth-order valence-electron chi connectivity index (χ4n) is 1.49. The van der Waals surface area contributed by atoms with Crippen molar-refractivity contribution in [3.8, 4) is 0 Å². The lowest BCUT2D eigenvalue weighted by Crippen LogP contribution is -2.31. The van der Waals surface area contributed by atoms with Crippen LogP contribution in [0.15, 0.2) is 42.5 Å². The molecule has 0 heterocycles. The molecule has 2 nitrogen and oxygen atoms in total. The minimum atomic E-state index is -0.826. The summed E-state index contributed by atoms with van der Waals surface area (Å²) in [4.78, 5) is 11.3. The van der Waals surface area contributed by atoms with E-state index < -0.39 is 11.4 Å². The van der Waals surface area contributed by atoms with Gasteiger partial charge in [-0.05, 0) is 25.8 Å². The van der Waals surface area contributed by atoms with Crippen molar-refractivity contribution >= 4 is 5.97 Å². The molecule has 1 atom stereocenters. The van der Waals surface area contributed by atoms with E-state index in [1.54, 1.807) is 6.92 Å². The van der Waals surface area contributed by atoms with Gasteiger partial charge in [0.15, 0.2) is 0 Å². The number of carboxylic acids is 1. The number of benzene rings is 1. The Morgan fingerprint density at radius 2 is 2.00 bits per heavy atom. The van der Waals surface area contributed by atoms with Crippen molar-refractivity contribution in [3.63, 3.8) is 0 Å². The Morgan fingerprint density at radius 3 is 2.47 bits per heavy atom. The number of carboxylic acid groups (broad SMARTS) is 1. The molecule has 1 aromatic carbocycles. The van der Waals surface area contributed by atoms with E-state index in [1.165, 1.54) is 0 Å². The van der Waals surface area contributed by atoms with Crippen molar-refractivity contribution in [2.24, 2.45) is 0 Å². The van der Waals surface area contributed by atoms with Crippen LogP contribution in [0.3, 0.4) is 0 Å². The summed E-state index contributed by atoms with van der Waals surface area (Å²) >= 11 is 0. The first kappa shape index (κ1) is 11.5. The normalized spacial score (nSPS) is 15.1. The van der Waals surface area contributed by atoms with E-state index in [0.717, 1.165) is 5.56 Å². The van der Waals surface area contributed by atoms with Crippen LogP contribution in [0.25, 0.3) is 0 Å². The van der Waals surface area contributed by atoms with Gasteiger partial charge in [-0.3, -0.25) is 4.79 Å². The summed E-state index contributed by atoms with van der Waals surface area (Å²) in [5.41, 5.74) is 0.0175. The fraction of sp³-hybridized carbons (Fsp3) is 0.308. The Morgan fingerprint density at radius 1 is 1.40 bits per heavy atom. The summed E-state index contributed by atoms with van der Waals surface area (Å²) in [6, 6.07) is 9.34. The highest BCUT2D eigenvalue weighted by Crippen LogP contribution is 2.28. The van der Waals surface area contributed by atoms with Gasteiger partial charge in [0.2, 0.25) is 0 Å². The lowest BCUT2D eigenvalue weighted by molar-refractivity contribution is -0.143. The predicted molar refractivity (Wildman–Crippen MR) is 60.9 cm³/mol. The molecule has 1 unspecified atom stereocenters. The molecular formula is C13H16O2. The van der Waals surface area contributed by atoms with Crippen LogP contribution in [0, 0.1) is 0 Å². The van der Waals surface area contributed by atoms with Gasteiger partial charge in [-0.2, -0.15) is 0 Å². The van der Waals surface area contributed by atoms with Crippen LogP contribution >= 0.6 is 0 Å². The average Bonchev–Trinajstić information content (AvgIpc) is 2.27. The van der Waals surface area contributed by atoms with Crippen molar-refractivity contribution in [2.45, 2.75) is 25.7 Å². The number of hydrogen-bond donors (Lipinski definition) is 1. The Kier molecular flexibility index (Phi) is 3.67. The number of rotatable bonds is 4. The number of carbonyl (C=O) groups is 1. The topological polar surface area (TPSA) is 37.3 Å². The summed E-state index contributed by atoms with van der Waals surface area (Å²) in [6.45, 7) is 3.65. The molecule has 1 rings (SSSR count). The molecule has 0 saturated carbocycles. The minimum Gasteiger partial charge on any atom is -0.481 e. The SMILES string of the molecule is CC=CCC(C)(C(=O)O)c1ccccc1. The Hall–Kier alpha value is -1.57. The molecule has 1 N–H and O–H groups in total. The number of hydrogen-bond acceptors (Lipinski definition) is 1. The van der Waals surface area contributed by atoms with Crippen molar-refractivity contribution in [2.75, 3.05) is 0 Å². The molecule has 0 aliphatic carbocycles. The minimum absolute atomic E-state index is 0.517. The molecule has 0 aliphatic heterocycles. The molecule has 2 heteroatoms. The van der Waals surface area contributed by atoms with E-state index in [-0.39, 0.29) is 0 Å². The first-order chi connectivity index (χ1) is 7.11. The number of allylic oxidation sites excluding steroid dienone is 2. The summed E-state index contributed by atoms with van der Waals surface area (Å²) in [5, 5.41) is 9.28. The second-order valence-corrected chi connectivity index (χ2v) is 3.78. The third-order valence-electron chi connectivity index (χ3n) is 2.64. The lowest BCUT2D eigenvalue weighted by atomic mass is 9.79. The molecule has 0 bridgehead atoms. The second-order valence-electron chi connectivity index (χ2n) is 3.78. The average molecular weight is 204 g/mol. The smallest absolute Gasteiger partial charge is 0.314 e. The van der Waals surface area contributed by atoms with E-state index in [1.807, 2.05) is 49.4 Å². The zero-order valence-corrected chi connectivity index (χ0v) is 9.10. The van der Waals surface area contributed by atoms with Crippen LogP contribution in [0.1, 0.15) is 25.8 Å². The summed E-state index contributed by atoms with van der Waals surface area (Å²) < 4.78 is 0. The van der Waals surface area contributed by atoms with Crippen molar-refractivity contribution < 1.29 is 9.90 Å². The monoisotopic (exact) mass is 204 g/mol. The quantitative estimate of drug-likeness (QED) is 0.765. The molecule has 0 aliphatic rings. The zero-order valence-electron chi connectivity index (χ0n) is 9.10. The van der Waals surface area contributed by atoms with E-state index in [2.05, 4.69) is 0 Å². The molecule has 15 heavy (non-hydrogen) atoms. The summed E-state index contributed by atoms with van der Waals surface area (Å²) in [7, 11) is 0. The maximum Gasteiger partial charge on any atom is 0.314 e. The largest absolute Gasteiger partial charge is 0.481 e. The molecule has 0 amide bonds. The maximum absolute atomic E-state index is 11.3. The molecule has 0 saturated heterocycles. The van der Waals surface area contributed by atoms with E-state index >= 15 is 0 Å². The van der Waals surface area contributed by atoms with Gasteiger partial charge in [0.05, 0.1) is 5.41 Å². The molecule has 0 aromatic heterocycles. The van der Waals surface area contributed by atoms with Gasteiger partial charge in [0, 0.05) is 0 Å². The number of aliphatic carboxylic acids is 1. The van der Waals surface area contributed by atoms with Gasteiger partial charge in [-0.1, -0.05) is 42.5 Å². The molecule has 0 radical (unpaired) electrons. The van der Waals surface area contributed by atoms with E-state index in [4.69, 9.17) is 0 Å². The van der Waals surface area contributed by atoms with Gasteiger partial charge >= 0.3 is 5.97 Å². The van der Waals surface area contributed by atoms with Crippen LogP contribution < -0.4 is 0 Å². The Labute approximate surface area is 90.3 Å². The highest BCUT2D eigenvalue weighted by atomic mass is 16.4. The standard InChI is InChI=1S/C13H16O2/c1-3-4-10-13(2,12(14)15)11-8-6-5-7-9-11/h3-9H,10H2,1-2H3,(H,14,15). The first-order valence-electron chi connectivity index (χ1n) is 5.01.